The Morgan fingerprint density at radius 1 is 1.48 bits per heavy atom. The van der Waals surface area contributed by atoms with Crippen LogP contribution in [0.25, 0.3) is 0 Å². The standard InChI is InChI=1S/C12H13ClF4N4O2/c13-9-2-1-6(3-19-9)10(12(15,16)17)20-4-7(14)8(5-20)21(18)11(22)23/h1-3,7-8,10H,4-5,18H2,(H,22,23)/t7?,8-,10-/m1/s1. The van der Waals surface area contributed by atoms with Gasteiger partial charge in [0.25, 0.3) is 0 Å². The molecule has 6 nitrogen and oxygen atoms in total. The molecule has 0 saturated carbocycles. The fourth-order valence-corrected chi connectivity index (χ4v) is 2.66. The molecule has 1 saturated heterocycles. The minimum Gasteiger partial charge on any atom is -0.464 e. The van der Waals surface area contributed by atoms with Gasteiger partial charge in [-0.3, -0.25) is 4.90 Å². The molecule has 1 unspecified atom stereocenters. The van der Waals surface area contributed by atoms with Crippen molar-refractivity contribution in [3.63, 3.8) is 0 Å². The van der Waals surface area contributed by atoms with Gasteiger partial charge >= 0.3 is 12.3 Å². The zero-order valence-electron chi connectivity index (χ0n) is 11.5. The fraction of sp³-hybridized carbons (Fsp3) is 0.500. The molecule has 1 aromatic heterocycles. The number of hydrogen-bond acceptors (Lipinski definition) is 4. The summed E-state index contributed by atoms with van der Waals surface area (Å²) in [7, 11) is 0. The predicted molar refractivity (Wildman–Crippen MR) is 72.4 cm³/mol. The molecule has 0 aliphatic carbocycles. The molecule has 3 atom stereocenters. The second-order valence-electron chi connectivity index (χ2n) is 5.09. The van der Waals surface area contributed by atoms with Crippen molar-refractivity contribution in [2.75, 3.05) is 13.1 Å². The maximum absolute atomic E-state index is 13.9. The maximum atomic E-state index is 13.9. The van der Waals surface area contributed by atoms with Gasteiger partial charge in [-0.1, -0.05) is 17.7 Å². The van der Waals surface area contributed by atoms with Crippen molar-refractivity contribution >= 4 is 17.7 Å². The lowest BCUT2D eigenvalue weighted by molar-refractivity contribution is -0.184. The first-order valence-corrected chi connectivity index (χ1v) is 6.82. The minimum absolute atomic E-state index is 0.0244. The molecule has 23 heavy (non-hydrogen) atoms. The number of carboxylic acid groups (broad SMARTS) is 1. The number of halogens is 5. The summed E-state index contributed by atoms with van der Waals surface area (Å²) in [5.41, 5.74) is -0.214. The third-order valence-electron chi connectivity index (χ3n) is 3.57. The van der Waals surface area contributed by atoms with Gasteiger partial charge in [0.1, 0.15) is 17.4 Å². The van der Waals surface area contributed by atoms with Gasteiger partial charge in [-0.15, -0.1) is 0 Å². The quantitative estimate of drug-likeness (QED) is 0.285. The smallest absolute Gasteiger partial charge is 0.421 e. The lowest BCUT2D eigenvalue weighted by Gasteiger charge is -2.30. The highest BCUT2D eigenvalue weighted by Gasteiger charge is 2.50. The summed E-state index contributed by atoms with van der Waals surface area (Å²) in [6.07, 6.45) is -7.19. The van der Waals surface area contributed by atoms with E-state index >= 15 is 0 Å². The number of nitrogens with two attached hydrogens (primary N) is 1. The van der Waals surface area contributed by atoms with E-state index in [-0.39, 0.29) is 15.7 Å². The van der Waals surface area contributed by atoms with Gasteiger partial charge in [0.2, 0.25) is 0 Å². The lowest BCUT2D eigenvalue weighted by atomic mass is 10.1. The van der Waals surface area contributed by atoms with Crippen molar-refractivity contribution in [1.29, 1.82) is 0 Å². The second-order valence-corrected chi connectivity index (χ2v) is 5.47. The summed E-state index contributed by atoms with van der Waals surface area (Å²) in [6.45, 7) is -1.09. The summed E-state index contributed by atoms with van der Waals surface area (Å²) >= 11 is 5.56. The van der Waals surface area contributed by atoms with E-state index in [9.17, 15) is 22.4 Å². The number of pyridine rings is 1. The van der Waals surface area contributed by atoms with Gasteiger partial charge in [-0.2, -0.15) is 13.2 Å². The second kappa shape index (κ2) is 6.46. The van der Waals surface area contributed by atoms with E-state index in [4.69, 9.17) is 22.6 Å². The normalized spacial score (nSPS) is 23.7. The third-order valence-corrected chi connectivity index (χ3v) is 3.79. The van der Waals surface area contributed by atoms with Gasteiger partial charge in [0.05, 0.1) is 6.04 Å². The Hall–Kier alpha value is -1.65. The summed E-state index contributed by atoms with van der Waals surface area (Å²) in [5.74, 6) is 5.20. The molecule has 11 heteroatoms. The third kappa shape index (κ3) is 3.82. The summed E-state index contributed by atoms with van der Waals surface area (Å²) in [5, 5.41) is 8.98. The summed E-state index contributed by atoms with van der Waals surface area (Å²) in [4.78, 5) is 15.2. The number of likely N-dealkylation sites (tertiary alicyclic amines) is 1. The molecule has 128 valence electrons. The van der Waals surface area contributed by atoms with Crippen LogP contribution in [-0.4, -0.2) is 57.6 Å². The lowest BCUT2D eigenvalue weighted by Crippen LogP contribution is -2.50. The van der Waals surface area contributed by atoms with Crippen LogP contribution in [0.5, 0.6) is 0 Å². The van der Waals surface area contributed by atoms with Gasteiger partial charge in [0, 0.05) is 19.3 Å². The Morgan fingerprint density at radius 3 is 2.61 bits per heavy atom. The first kappa shape index (κ1) is 17.7. The molecule has 1 amide bonds. The maximum Gasteiger partial charge on any atom is 0.421 e. The van der Waals surface area contributed by atoms with Crippen molar-refractivity contribution < 1.29 is 27.5 Å². The van der Waals surface area contributed by atoms with Crippen molar-refractivity contribution in [1.82, 2.24) is 14.9 Å². The molecule has 0 spiro atoms. The van der Waals surface area contributed by atoms with E-state index in [0.717, 1.165) is 17.2 Å². The molecule has 1 aliphatic heterocycles. The van der Waals surface area contributed by atoms with Crippen LogP contribution in [0.15, 0.2) is 18.3 Å². The molecule has 0 bridgehead atoms. The van der Waals surface area contributed by atoms with E-state index in [2.05, 4.69) is 4.98 Å². The highest BCUT2D eigenvalue weighted by atomic mass is 35.5. The highest BCUT2D eigenvalue weighted by molar-refractivity contribution is 6.29. The van der Waals surface area contributed by atoms with E-state index in [1.54, 1.807) is 0 Å². The first-order valence-electron chi connectivity index (χ1n) is 6.44. The number of alkyl halides is 4. The van der Waals surface area contributed by atoms with Crippen LogP contribution in [0.4, 0.5) is 22.4 Å². The molecule has 2 rings (SSSR count). The van der Waals surface area contributed by atoms with Gasteiger partial charge in [-0.25, -0.2) is 25.0 Å². The summed E-state index contributed by atoms with van der Waals surface area (Å²) in [6, 6.07) is -1.16. The number of nitrogens with zero attached hydrogens (tertiary/aromatic N) is 3. The van der Waals surface area contributed by atoms with Crippen LogP contribution < -0.4 is 5.84 Å². The predicted octanol–water partition coefficient (Wildman–Crippen LogP) is 2.21. The monoisotopic (exact) mass is 356 g/mol. The minimum atomic E-state index is -4.70. The SMILES string of the molecule is NN(C(=O)O)[C@@H]1CN([C@H](c2ccc(Cl)nc2)C(F)(F)F)CC1F. The molecule has 1 aliphatic rings. The Bertz CT molecular complexity index is 571. The van der Waals surface area contributed by atoms with Crippen molar-refractivity contribution in [3.05, 3.63) is 29.0 Å². The van der Waals surface area contributed by atoms with Gasteiger partial charge in [-0.05, 0) is 11.6 Å². The van der Waals surface area contributed by atoms with Crippen LogP contribution in [0.2, 0.25) is 5.15 Å². The zero-order chi connectivity index (χ0) is 17.4. The number of hydrogen-bond donors (Lipinski definition) is 2. The average Bonchev–Trinajstić information content (AvgIpc) is 2.80. The van der Waals surface area contributed by atoms with Crippen LogP contribution in [0.1, 0.15) is 11.6 Å². The van der Waals surface area contributed by atoms with Crippen molar-refractivity contribution in [2.45, 2.75) is 24.4 Å². The Kier molecular flexibility index (Phi) is 4.97. The van der Waals surface area contributed by atoms with E-state index in [0.29, 0.717) is 0 Å². The zero-order valence-corrected chi connectivity index (χ0v) is 12.3. The number of hydrazine groups is 1. The molecule has 2 heterocycles. The van der Waals surface area contributed by atoms with E-state index in [1.165, 1.54) is 6.07 Å². The highest BCUT2D eigenvalue weighted by Crippen LogP contribution is 2.40. The number of amides is 1. The van der Waals surface area contributed by atoms with Crippen LogP contribution >= 0.6 is 11.6 Å². The van der Waals surface area contributed by atoms with Crippen LogP contribution in [-0.2, 0) is 0 Å². The largest absolute Gasteiger partial charge is 0.464 e. The Labute approximate surface area is 133 Å². The molecule has 3 N–H and O–H groups in total. The first-order chi connectivity index (χ1) is 10.6. The van der Waals surface area contributed by atoms with E-state index in [1.807, 2.05) is 0 Å². The van der Waals surface area contributed by atoms with Crippen molar-refractivity contribution in [3.8, 4) is 0 Å². The fourth-order valence-electron chi connectivity index (χ4n) is 2.55. The molecular formula is C12H13ClF4N4O2. The molecule has 0 radical (unpaired) electrons. The molecule has 1 aromatic rings. The number of rotatable bonds is 3. The number of aromatic nitrogens is 1. The number of carbonyl (C=O) groups is 1. The van der Waals surface area contributed by atoms with Crippen LogP contribution in [0, 0.1) is 0 Å². The average molecular weight is 357 g/mol. The Balaban J connectivity index is 2.28. The molecule has 1 fully saturated rings. The topological polar surface area (TPSA) is 82.7 Å². The summed E-state index contributed by atoms with van der Waals surface area (Å²) < 4.78 is 54.1. The Morgan fingerprint density at radius 2 is 2.13 bits per heavy atom. The van der Waals surface area contributed by atoms with E-state index < -0.39 is 43.6 Å². The van der Waals surface area contributed by atoms with Gasteiger partial charge in [0.15, 0.2) is 0 Å². The van der Waals surface area contributed by atoms with Gasteiger partial charge < -0.3 is 5.11 Å². The molecule has 0 aromatic carbocycles. The van der Waals surface area contributed by atoms with Crippen LogP contribution in [0.3, 0.4) is 0 Å². The molecular weight excluding hydrogens is 344 g/mol. The van der Waals surface area contributed by atoms with Crippen molar-refractivity contribution in [2.24, 2.45) is 5.84 Å².